The SMILES string of the molecule is [2H]c1c([2H])c([2H])c(C([2H])([2H])[2H])c(CC(=O)O)c1[2H]. The quantitative estimate of drug-likeness (QED) is 0.708. The summed E-state index contributed by atoms with van der Waals surface area (Å²) in [5.74, 6) is -1.36. The Balaban J connectivity index is 3.70. The second-order valence-electron chi connectivity index (χ2n) is 1.92. The number of benzene rings is 1. The number of carboxylic acids is 1. The van der Waals surface area contributed by atoms with Crippen LogP contribution in [0.5, 0.6) is 0 Å². The highest BCUT2D eigenvalue weighted by Crippen LogP contribution is 2.06. The van der Waals surface area contributed by atoms with Crippen molar-refractivity contribution in [2.75, 3.05) is 0 Å². The predicted molar refractivity (Wildman–Crippen MR) is 42.5 cm³/mol. The van der Waals surface area contributed by atoms with Crippen molar-refractivity contribution in [2.45, 2.75) is 13.3 Å². The Morgan fingerprint density at radius 2 is 2.45 bits per heavy atom. The van der Waals surface area contributed by atoms with Crippen LogP contribution in [0.4, 0.5) is 0 Å². The maximum atomic E-state index is 10.7. The van der Waals surface area contributed by atoms with E-state index in [0.717, 1.165) is 0 Å². The van der Waals surface area contributed by atoms with Gasteiger partial charge in [0.1, 0.15) is 0 Å². The van der Waals surface area contributed by atoms with Crippen LogP contribution >= 0.6 is 0 Å². The first-order valence-corrected chi connectivity index (χ1v) is 2.88. The molecule has 2 heteroatoms. The van der Waals surface area contributed by atoms with E-state index in [1.807, 2.05) is 0 Å². The summed E-state index contributed by atoms with van der Waals surface area (Å²) in [5, 5.41) is 8.70. The summed E-state index contributed by atoms with van der Waals surface area (Å²) in [6.07, 6.45) is -0.759. The summed E-state index contributed by atoms with van der Waals surface area (Å²) in [4.78, 5) is 10.7. The lowest BCUT2D eigenvalue weighted by molar-refractivity contribution is -0.136. The van der Waals surface area contributed by atoms with Gasteiger partial charge in [-0.05, 0) is 18.0 Å². The van der Waals surface area contributed by atoms with E-state index in [9.17, 15) is 4.79 Å². The van der Waals surface area contributed by atoms with Crippen LogP contribution in [0, 0.1) is 6.85 Å². The molecule has 0 unspecified atom stereocenters. The van der Waals surface area contributed by atoms with Crippen molar-refractivity contribution in [1.29, 1.82) is 0 Å². The van der Waals surface area contributed by atoms with E-state index in [1.54, 1.807) is 0 Å². The van der Waals surface area contributed by atoms with Crippen LogP contribution < -0.4 is 0 Å². The Kier molecular flexibility index (Phi) is 0.762. The molecule has 2 nitrogen and oxygen atoms in total. The molecule has 11 heavy (non-hydrogen) atoms. The number of rotatable bonds is 2. The van der Waals surface area contributed by atoms with E-state index in [4.69, 9.17) is 14.7 Å². The van der Waals surface area contributed by atoms with Crippen LogP contribution in [-0.2, 0) is 11.2 Å². The third kappa shape index (κ3) is 2.08. The van der Waals surface area contributed by atoms with Crippen molar-refractivity contribution >= 4 is 5.97 Å². The molecule has 0 bridgehead atoms. The number of hydrogen-bond acceptors (Lipinski definition) is 1. The molecule has 1 aromatic carbocycles. The molecule has 0 heterocycles. The molecule has 1 aromatic rings. The Bertz CT molecular complexity index is 507. The van der Waals surface area contributed by atoms with Crippen LogP contribution in [-0.4, -0.2) is 11.1 Å². The van der Waals surface area contributed by atoms with Gasteiger partial charge in [0.05, 0.1) is 11.9 Å². The van der Waals surface area contributed by atoms with Crippen LogP contribution in [0.25, 0.3) is 0 Å². The van der Waals surface area contributed by atoms with Gasteiger partial charge in [-0.1, -0.05) is 24.2 Å². The predicted octanol–water partition coefficient (Wildman–Crippen LogP) is 1.62. The second kappa shape index (κ2) is 3.19. The summed E-state index contributed by atoms with van der Waals surface area (Å²) in [7, 11) is 0. The van der Waals surface area contributed by atoms with Gasteiger partial charge in [0.2, 0.25) is 0 Å². The lowest BCUT2D eigenvalue weighted by Crippen LogP contribution is -2.01. The molecule has 0 fully saturated rings. The minimum atomic E-state index is -2.79. The highest BCUT2D eigenvalue weighted by Gasteiger charge is 2.01. The Hall–Kier alpha value is -1.31. The summed E-state index contributed by atoms with van der Waals surface area (Å²) in [6.45, 7) is -2.79. The molecular formula is C9H10O2. The van der Waals surface area contributed by atoms with Crippen molar-refractivity contribution < 1.29 is 19.5 Å². The highest BCUT2D eigenvalue weighted by atomic mass is 16.4. The molecular weight excluding hydrogens is 140 g/mol. The molecule has 0 amide bonds. The van der Waals surface area contributed by atoms with Crippen LogP contribution in [0.3, 0.4) is 0 Å². The lowest BCUT2D eigenvalue weighted by Gasteiger charge is -1.99. The maximum absolute atomic E-state index is 10.7. The van der Waals surface area contributed by atoms with Gasteiger partial charge in [0.15, 0.2) is 0 Å². The maximum Gasteiger partial charge on any atom is 0.307 e. The standard InChI is InChI=1S/C9H10O2/c1-7-4-2-3-5-8(7)6-9(10)11/h2-5H,6H2,1H3,(H,10,11)/i1D3,2D,3D,4D,5D. The van der Waals surface area contributed by atoms with Gasteiger partial charge in [-0.3, -0.25) is 4.79 Å². The fraction of sp³-hybridized carbons (Fsp3) is 0.222. The molecule has 0 saturated carbocycles. The van der Waals surface area contributed by atoms with Gasteiger partial charge >= 0.3 is 5.97 Å². The van der Waals surface area contributed by atoms with Crippen molar-refractivity contribution in [3.05, 3.63) is 35.3 Å². The van der Waals surface area contributed by atoms with Gasteiger partial charge in [-0.25, -0.2) is 0 Å². The van der Waals surface area contributed by atoms with Gasteiger partial charge < -0.3 is 5.11 Å². The first kappa shape index (κ1) is 2.63. The van der Waals surface area contributed by atoms with Crippen LogP contribution in [0.15, 0.2) is 24.2 Å². The molecule has 0 atom stereocenters. The summed E-state index contributed by atoms with van der Waals surface area (Å²) in [6, 6.07) is -2.65. The lowest BCUT2D eigenvalue weighted by atomic mass is 10.1. The molecule has 0 aliphatic rings. The van der Waals surface area contributed by atoms with Crippen LogP contribution in [0.2, 0.25) is 0 Å². The van der Waals surface area contributed by atoms with E-state index in [1.165, 1.54) is 0 Å². The van der Waals surface area contributed by atoms with Gasteiger partial charge in [0.25, 0.3) is 0 Å². The second-order valence-corrected chi connectivity index (χ2v) is 1.92. The number of carboxylic acid groups (broad SMARTS) is 1. The van der Waals surface area contributed by atoms with Gasteiger partial charge in [-0.2, -0.15) is 0 Å². The molecule has 0 aliphatic carbocycles. The van der Waals surface area contributed by atoms with Crippen LogP contribution in [0.1, 0.15) is 20.7 Å². The summed E-state index contributed by atoms with van der Waals surface area (Å²) >= 11 is 0. The van der Waals surface area contributed by atoms with E-state index in [2.05, 4.69) is 0 Å². The first-order valence-electron chi connectivity index (χ1n) is 6.38. The van der Waals surface area contributed by atoms with E-state index in [0.29, 0.717) is 0 Å². The Labute approximate surface area is 75.3 Å². The summed E-state index contributed by atoms with van der Waals surface area (Å²) in [5.41, 5.74) is -1.02. The highest BCUT2D eigenvalue weighted by molar-refractivity contribution is 5.70. The molecule has 1 N–H and O–H groups in total. The first-order chi connectivity index (χ1) is 8.07. The normalized spacial score (nSPS) is 19.8. The van der Waals surface area contributed by atoms with Crippen molar-refractivity contribution in [3.63, 3.8) is 0 Å². The van der Waals surface area contributed by atoms with Crippen molar-refractivity contribution in [1.82, 2.24) is 0 Å². The number of hydrogen-bond donors (Lipinski definition) is 1. The van der Waals surface area contributed by atoms with E-state index in [-0.39, 0.29) is 0 Å². The van der Waals surface area contributed by atoms with Crippen molar-refractivity contribution in [2.24, 2.45) is 0 Å². The minimum Gasteiger partial charge on any atom is -0.481 e. The molecule has 0 radical (unpaired) electrons. The van der Waals surface area contributed by atoms with Crippen molar-refractivity contribution in [3.8, 4) is 0 Å². The number of carbonyl (C=O) groups is 1. The molecule has 0 spiro atoms. The minimum absolute atomic E-state index is 0.395. The van der Waals surface area contributed by atoms with E-state index >= 15 is 0 Å². The average Bonchev–Trinajstić information content (AvgIpc) is 2.20. The monoisotopic (exact) mass is 157 g/mol. The van der Waals surface area contributed by atoms with E-state index < -0.39 is 54.5 Å². The zero-order chi connectivity index (χ0) is 14.2. The third-order valence-corrected chi connectivity index (χ3v) is 1.09. The zero-order valence-corrected chi connectivity index (χ0v) is 5.56. The fourth-order valence-corrected chi connectivity index (χ4v) is 0.622. The fourth-order valence-electron chi connectivity index (χ4n) is 0.622. The largest absolute Gasteiger partial charge is 0.481 e. The molecule has 1 rings (SSSR count). The molecule has 58 valence electrons. The molecule has 0 aliphatic heterocycles. The Morgan fingerprint density at radius 1 is 1.73 bits per heavy atom. The van der Waals surface area contributed by atoms with Gasteiger partial charge in [-0.15, -0.1) is 0 Å². The smallest absolute Gasteiger partial charge is 0.307 e. The zero-order valence-electron chi connectivity index (χ0n) is 12.6. The molecule has 0 aromatic heterocycles. The third-order valence-electron chi connectivity index (χ3n) is 1.09. The average molecular weight is 157 g/mol. The van der Waals surface area contributed by atoms with Gasteiger partial charge in [0, 0.05) is 4.11 Å². The summed E-state index contributed by atoms with van der Waals surface area (Å²) < 4.78 is 51.6. The topological polar surface area (TPSA) is 37.3 Å². The Morgan fingerprint density at radius 3 is 3.09 bits per heavy atom. The number of aliphatic carboxylic acids is 1. The molecule has 0 saturated heterocycles.